The van der Waals surface area contributed by atoms with E-state index in [4.69, 9.17) is 4.74 Å². The molecule has 1 N–H and O–H groups in total. The van der Waals surface area contributed by atoms with E-state index in [0.29, 0.717) is 13.0 Å². The summed E-state index contributed by atoms with van der Waals surface area (Å²) in [6, 6.07) is 8.39. The molecule has 0 radical (unpaired) electrons. The van der Waals surface area contributed by atoms with Crippen molar-refractivity contribution < 1.29 is 9.84 Å². The van der Waals surface area contributed by atoms with E-state index in [-0.39, 0.29) is 0 Å². The van der Waals surface area contributed by atoms with E-state index in [2.05, 4.69) is 25.1 Å². The van der Waals surface area contributed by atoms with Gasteiger partial charge in [0.05, 0.1) is 12.2 Å². The van der Waals surface area contributed by atoms with Crippen molar-refractivity contribution in [3.05, 3.63) is 29.8 Å². The van der Waals surface area contributed by atoms with E-state index in [1.165, 1.54) is 50.5 Å². The minimum Gasteiger partial charge on any atom is -0.493 e. The number of hydrogen-bond donors (Lipinski definition) is 1. The van der Waals surface area contributed by atoms with E-state index in [1.54, 1.807) is 0 Å². The van der Waals surface area contributed by atoms with E-state index in [1.807, 2.05) is 19.9 Å². The lowest BCUT2D eigenvalue weighted by Crippen LogP contribution is -2.22. The first kappa shape index (κ1) is 19.3. The predicted octanol–water partition coefficient (Wildman–Crippen LogP) is 5.77. The second-order valence-corrected chi connectivity index (χ2v) is 8.40. The van der Waals surface area contributed by atoms with Crippen molar-refractivity contribution >= 4 is 0 Å². The van der Waals surface area contributed by atoms with E-state index in [0.717, 1.165) is 24.0 Å². The number of para-hydroxylation sites is 1. The number of aliphatic hydroxyl groups is 1. The first-order chi connectivity index (χ1) is 11.4. The van der Waals surface area contributed by atoms with Gasteiger partial charge in [0, 0.05) is 6.42 Å². The molecule has 1 aromatic rings. The highest BCUT2D eigenvalue weighted by Gasteiger charge is 2.17. The Labute approximate surface area is 148 Å². The lowest BCUT2D eigenvalue weighted by molar-refractivity contribution is 0.0552. The van der Waals surface area contributed by atoms with Gasteiger partial charge in [-0.25, -0.2) is 0 Å². The quantitative estimate of drug-likeness (QED) is 0.622. The van der Waals surface area contributed by atoms with Crippen molar-refractivity contribution in [2.45, 2.75) is 84.2 Å². The van der Waals surface area contributed by atoms with E-state index >= 15 is 0 Å². The second kappa shape index (κ2) is 9.46. The highest BCUT2D eigenvalue weighted by atomic mass is 16.5. The van der Waals surface area contributed by atoms with Gasteiger partial charge in [-0.2, -0.15) is 0 Å². The minimum absolute atomic E-state index is 0.568. The van der Waals surface area contributed by atoms with Crippen molar-refractivity contribution in [2.75, 3.05) is 6.61 Å². The van der Waals surface area contributed by atoms with Crippen molar-refractivity contribution in [2.24, 2.45) is 11.8 Å². The van der Waals surface area contributed by atoms with Gasteiger partial charge in [-0.3, -0.25) is 0 Å². The zero-order valence-corrected chi connectivity index (χ0v) is 15.9. The lowest BCUT2D eigenvalue weighted by atomic mass is 9.82. The molecule has 0 amide bonds. The Hall–Kier alpha value is -1.02. The monoisotopic (exact) mass is 332 g/mol. The number of rotatable bonds is 9. The zero-order valence-electron chi connectivity index (χ0n) is 15.9. The van der Waals surface area contributed by atoms with Crippen LogP contribution >= 0.6 is 0 Å². The van der Waals surface area contributed by atoms with Gasteiger partial charge < -0.3 is 9.84 Å². The summed E-state index contributed by atoms with van der Waals surface area (Å²) in [6.07, 6.45) is 11.6. The number of ether oxygens (including phenoxy) is 1. The summed E-state index contributed by atoms with van der Waals surface area (Å²) in [5.41, 5.74) is 0.646. The molecule has 0 saturated heterocycles. The van der Waals surface area contributed by atoms with Crippen LogP contribution in [0.25, 0.3) is 0 Å². The number of aryl methyl sites for hydroxylation is 1. The Balaban J connectivity index is 1.78. The highest BCUT2D eigenvalue weighted by Crippen LogP contribution is 2.31. The van der Waals surface area contributed by atoms with Crippen LogP contribution in [0, 0.1) is 11.8 Å². The third-order valence-corrected chi connectivity index (χ3v) is 5.31. The molecule has 2 heteroatoms. The van der Waals surface area contributed by atoms with Gasteiger partial charge in [0.1, 0.15) is 5.75 Å². The second-order valence-electron chi connectivity index (χ2n) is 8.40. The van der Waals surface area contributed by atoms with Crippen LogP contribution < -0.4 is 4.74 Å². The van der Waals surface area contributed by atoms with Gasteiger partial charge in [-0.05, 0) is 56.6 Å². The third kappa shape index (κ3) is 7.25. The van der Waals surface area contributed by atoms with Crippen LogP contribution in [0.5, 0.6) is 5.75 Å². The number of hydrogen-bond acceptors (Lipinski definition) is 2. The van der Waals surface area contributed by atoms with Crippen LogP contribution in [-0.4, -0.2) is 17.3 Å². The molecular weight excluding hydrogens is 296 g/mol. The molecule has 1 atom stereocenters. The van der Waals surface area contributed by atoms with Crippen LogP contribution in [0.15, 0.2) is 24.3 Å². The molecule has 0 aliphatic heterocycles. The summed E-state index contributed by atoms with van der Waals surface area (Å²) in [6.45, 7) is 6.63. The van der Waals surface area contributed by atoms with E-state index < -0.39 is 5.60 Å². The van der Waals surface area contributed by atoms with Crippen LogP contribution in [0.2, 0.25) is 0 Å². The summed E-state index contributed by atoms with van der Waals surface area (Å²) in [5, 5.41) is 9.82. The van der Waals surface area contributed by atoms with Gasteiger partial charge in [0.25, 0.3) is 0 Å². The smallest absolute Gasteiger partial charge is 0.122 e. The molecule has 1 fully saturated rings. The lowest BCUT2D eigenvalue weighted by Gasteiger charge is -2.24. The molecular formula is C22H36O2. The maximum Gasteiger partial charge on any atom is 0.122 e. The zero-order chi connectivity index (χ0) is 17.4. The molecule has 1 unspecified atom stereocenters. The average molecular weight is 333 g/mol. The van der Waals surface area contributed by atoms with Crippen molar-refractivity contribution in [3.63, 3.8) is 0 Å². The Morgan fingerprint density at radius 1 is 1.17 bits per heavy atom. The topological polar surface area (TPSA) is 29.5 Å². The average Bonchev–Trinajstić information content (AvgIpc) is 2.54. The van der Waals surface area contributed by atoms with Gasteiger partial charge in [0.2, 0.25) is 0 Å². The largest absolute Gasteiger partial charge is 0.493 e. The van der Waals surface area contributed by atoms with Gasteiger partial charge in [0.15, 0.2) is 0 Å². The minimum atomic E-state index is -0.663. The van der Waals surface area contributed by atoms with Crippen molar-refractivity contribution in [3.8, 4) is 5.75 Å². The highest BCUT2D eigenvalue weighted by molar-refractivity contribution is 5.33. The maximum atomic E-state index is 9.82. The molecule has 1 aliphatic carbocycles. The first-order valence-corrected chi connectivity index (χ1v) is 9.87. The van der Waals surface area contributed by atoms with Crippen LogP contribution in [0.3, 0.4) is 0 Å². The van der Waals surface area contributed by atoms with Crippen LogP contribution in [-0.2, 0) is 6.42 Å². The summed E-state index contributed by atoms with van der Waals surface area (Å²) in [7, 11) is 0. The normalized spacial score (nSPS) is 17.7. The van der Waals surface area contributed by atoms with Gasteiger partial charge in [-0.1, -0.05) is 57.2 Å². The first-order valence-electron chi connectivity index (χ1n) is 9.87. The fourth-order valence-electron chi connectivity index (χ4n) is 3.77. The van der Waals surface area contributed by atoms with Crippen LogP contribution in [0.1, 0.15) is 77.7 Å². The molecule has 1 aromatic carbocycles. The molecule has 0 bridgehead atoms. The fourth-order valence-corrected chi connectivity index (χ4v) is 3.77. The standard InChI is InChI=1S/C22H36O2/c1-18(17-19-9-5-4-6-10-19)13-14-20-11-7-8-12-21(20)24-16-15-22(2,3)23/h7-8,11-12,18-19,23H,4-6,9-10,13-17H2,1-3H3. The predicted molar refractivity (Wildman–Crippen MR) is 102 cm³/mol. The van der Waals surface area contributed by atoms with Crippen molar-refractivity contribution in [1.82, 2.24) is 0 Å². The molecule has 24 heavy (non-hydrogen) atoms. The fraction of sp³-hybridized carbons (Fsp3) is 0.727. The molecule has 2 nitrogen and oxygen atoms in total. The third-order valence-electron chi connectivity index (χ3n) is 5.31. The Morgan fingerprint density at radius 2 is 1.88 bits per heavy atom. The van der Waals surface area contributed by atoms with E-state index in [9.17, 15) is 5.11 Å². The molecule has 136 valence electrons. The summed E-state index contributed by atoms with van der Waals surface area (Å²) in [4.78, 5) is 0. The van der Waals surface area contributed by atoms with Crippen LogP contribution in [0.4, 0.5) is 0 Å². The van der Waals surface area contributed by atoms with Crippen molar-refractivity contribution in [1.29, 1.82) is 0 Å². The summed E-state index contributed by atoms with van der Waals surface area (Å²) >= 11 is 0. The molecule has 0 aromatic heterocycles. The molecule has 1 aliphatic rings. The summed E-state index contributed by atoms with van der Waals surface area (Å²) < 4.78 is 5.94. The Kier molecular flexibility index (Phi) is 7.61. The Morgan fingerprint density at radius 3 is 2.58 bits per heavy atom. The molecule has 0 heterocycles. The maximum absolute atomic E-state index is 9.82. The summed E-state index contributed by atoms with van der Waals surface area (Å²) in [5.74, 6) is 2.75. The molecule has 0 spiro atoms. The molecule has 2 rings (SSSR count). The molecule has 1 saturated carbocycles. The number of benzene rings is 1. The van der Waals surface area contributed by atoms with Gasteiger partial charge in [-0.15, -0.1) is 0 Å². The van der Waals surface area contributed by atoms with Gasteiger partial charge >= 0.3 is 0 Å². The Bertz CT molecular complexity index is 469. The SMILES string of the molecule is CC(CCc1ccccc1OCCC(C)(C)O)CC1CCCCC1.